The Morgan fingerprint density at radius 3 is 2.39 bits per heavy atom. The molecule has 6 nitrogen and oxygen atoms in total. The van der Waals surface area contributed by atoms with E-state index in [4.69, 9.17) is 4.74 Å². The van der Waals surface area contributed by atoms with Crippen LogP contribution < -0.4 is 0 Å². The Labute approximate surface area is 183 Å². The molecular weight excluding hydrogens is 397 g/mol. The van der Waals surface area contributed by atoms with Gasteiger partial charge in [-0.1, -0.05) is 18.2 Å². The number of rotatable bonds is 5. The number of pyridine rings is 1. The van der Waals surface area contributed by atoms with Crippen molar-refractivity contribution >= 4 is 12.0 Å². The first-order chi connectivity index (χ1) is 14.8. The highest BCUT2D eigenvalue weighted by molar-refractivity contribution is 5.80. The molecule has 31 heavy (non-hydrogen) atoms. The van der Waals surface area contributed by atoms with Crippen LogP contribution in [0.1, 0.15) is 49.6 Å². The lowest BCUT2D eigenvalue weighted by molar-refractivity contribution is -0.137. The summed E-state index contributed by atoms with van der Waals surface area (Å²) >= 11 is 0. The molecule has 1 aromatic carbocycles. The van der Waals surface area contributed by atoms with E-state index in [-0.39, 0.29) is 29.8 Å². The molecule has 1 aliphatic heterocycles. The molecule has 0 bridgehead atoms. The number of hydrogen-bond donors (Lipinski definition) is 0. The van der Waals surface area contributed by atoms with Crippen molar-refractivity contribution in [2.45, 2.75) is 45.8 Å². The molecule has 1 atom stereocenters. The van der Waals surface area contributed by atoms with Crippen molar-refractivity contribution in [2.24, 2.45) is 5.92 Å². The van der Waals surface area contributed by atoms with Crippen molar-refractivity contribution < 1.29 is 18.7 Å². The van der Waals surface area contributed by atoms with Crippen LogP contribution in [-0.2, 0) is 9.53 Å². The molecule has 1 saturated heterocycles. The van der Waals surface area contributed by atoms with Gasteiger partial charge >= 0.3 is 6.09 Å². The van der Waals surface area contributed by atoms with E-state index in [0.29, 0.717) is 25.9 Å². The average molecular weight is 428 g/mol. The molecular formula is C24H30FN3O3. The average Bonchev–Trinajstić information content (AvgIpc) is 2.75. The van der Waals surface area contributed by atoms with E-state index in [1.807, 2.05) is 32.9 Å². The van der Waals surface area contributed by atoms with Gasteiger partial charge in [-0.25, -0.2) is 9.18 Å². The summed E-state index contributed by atoms with van der Waals surface area (Å²) in [6.07, 6.45) is 2.36. The number of likely N-dealkylation sites (tertiary alicyclic amines) is 1. The molecule has 7 heteroatoms. The molecule has 0 aliphatic carbocycles. The molecule has 3 rings (SSSR count). The first kappa shape index (κ1) is 22.7. The summed E-state index contributed by atoms with van der Waals surface area (Å²) in [6, 6.07) is 9.59. The van der Waals surface area contributed by atoms with Crippen LogP contribution in [0.4, 0.5) is 9.18 Å². The molecule has 2 aromatic rings. The molecule has 0 radical (unpaired) electrons. The third-order valence-electron chi connectivity index (χ3n) is 5.67. The summed E-state index contributed by atoms with van der Waals surface area (Å²) in [5.41, 5.74) is 2.53. The summed E-state index contributed by atoms with van der Waals surface area (Å²) in [5.74, 6) is -0.522. The van der Waals surface area contributed by atoms with E-state index in [9.17, 15) is 14.0 Å². The number of aryl methyl sites for hydroxylation is 1. The Kier molecular flexibility index (Phi) is 7.25. The summed E-state index contributed by atoms with van der Waals surface area (Å²) in [6.45, 7) is 6.56. The zero-order valence-electron chi connectivity index (χ0n) is 18.5. The number of ether oxygens (including phenoxy) is 1. The van der Waals surface area contributed by atoms with E-state index in [1.165, 1.54) is 12.1 Å². The van der Waals surface area contributed by atoms with Crippen molar-refractivity contribution in [3.63, 3.8) is 0 Å². The molecule has 2 heterocycles. The Morgan fingerprint density at radius 2 is 1.81 bits per heavy atom. The Balaban J connectivity index is 1.78. The van der Waals surface area contributed by atoms with E-state index < -0.39 is 6.04 Å². The third-order valence-corrected chi connectivity index (χ3v) is 5.67. The zero-order chi connectivity index (χ0) is 22.5. The summed E-state index contributed by atoms with van der Waals surface area (Å²) in [5, 5.41) is 0. The number of hydrogen-bond acceptors (Lipinski definition) is 4. The maximum absolute atomic E-state index is 13.5. The molecule has 2 amide bonds. The van der Waals surface area contributed by atoms with Crippen LogP contribution in [0, 0.1) is 18.7 Å². The topological polar surface area (TPSA) is 62.7 Å². The summed E-state index contributed by atoms with van der Waals surface area (Å²) in [7, 11) is 1.77. The molecule has 0 N–H and O–H groups in total. The van der Waals surface area contributed by atoms with Crippen LogP contribution in [-0.4, -0.2) is 53.0 Å². The van der Waals surface area contributed by atoms with Gasteiger partial charge in [-0.15, -0.1) is 0 Å². The van der Waals surface area contributed by atoms with Crippen LogP contribution in [0.25, 0.3) is 0 Å². The van der Waals surface area contributed by atoms with Gasteiger partial charge in [-0.2, -0.15) is 0 Å². The fraction of sp³-hybridized carbons (Fsp3) is 0.458. The monoisotopic (exact) mass is 427 g/mol. The Morgan fingerprint density at radius 1 is 1.16 bits per heavy atom. The number of piperidine rings is 1. The van der Waals surface area contributed by atoms with Gasteiger partial charge in [0.15, 0.2) is 0 Å². The molecule has 166 valence electrons. The predicted molar refractivity (Wildman–Crippen MR) is 116 cm³/mol. The first-order valence-corrected chi connectivity index (χ1v) is 10.7. The number of carbonyl (C=O) groups is 2. The van der Waals surface area contributed by atoms with Crippen molar-refractivity contribution in [2.75, 3.05) is 20.1 Å². The Hall–Kier alpha value is -2.96. The van der Waals surface area contributed by atoms with Crippen LogP contribution in [0.15, 0.2) is 42.6 Å². The van der Waals surface area contributed by atoms with Crippen LogP contribution in [0.3, 0.4) is 0 Å². The van der Waals surface area contributed by atoms with Crippen molar-refractivity contribution in [3.8, 4) is 0 Å². The van der Waals surface area contributed by atoms with Gasteiger partial charge < -0.3 is 14.5 Å². The number of halogens is 1. The fourth-order valence-electron chi connectivity index (χ4n) is 3.99. The number of nitrogens with zero attached hydrogens (tertiary/aromatic N) is 3. The molecule has 1 fully saturated rings. The highest BCUT2D eigenvalue weighted by atomic mass is 19.1. The highest BCUT2D eigenvalue weighted by Crippen LogP contribution is 2.31. The van der Waals surface area contributed by atoms with Gasteiger partial charge in [-0.3, -0.25) is 9.78 Å². The molecule has 1 unspecified atom stereocenters. The van der Waals surface area contributed by atoms with E-state index >= 15 is 0 Å². The molecule has 0 saturated carbocycles. The second-order valence-electron chi connectivity index (χ2n) is 8.30. The van der Waals surface area contributed by atoms with Crippen molar-refractivity contribution in [1.82, 2.24) is 14.8 Å². The smallest absolute Gasteiger partial charge is 0.410 e. The predicted octanol–water partition coefficient (Wildman–Crippen LogP) is 4.33. The highest BCUT2D eigenvalue weighted by Gasteiger charge is 2.34. The van der Waals surface area contributed by atoms with Crippen LogP contribution >= 0.6 is 0 Å². The molecule has 1 aromatic heterocycles. The largest absolute Gasteiger partial charge is 0.447 e. The van der Waals surface area contributed by atoms with Crippen LogP contribution in [0.5, 0.6) is 0 Å². The lowest BCUT2D eigenvalue weighted by Crippen LogP contribution is -2.45. The van der Waals surface area contributed by atoms with E-state index in [0.717, 1.165) is 16.8 Å². The maximum Gasteiger partial charge on any atom is 0.410 e. The fourth-order valence-corrected chi connectivity index (χ4v) is 3.99. The van der Waals surface area contributed by atoms with Crippen LogP contribution in [0.2, 0.25) is 0 Å². The number of amides is 2. The first-order valence-electron chi connectivity index (χ1n) is 10.7. The van der Waals surface area contributed by atoms with Crippen molar-refractivity contribution in [1.29, 1.82) is 0 Å². The minimum absolute atomic E-state index is 0.00347. The van der Waals surface area contributed by atoms with E-state index in [1.54, 1.807) is 35.2 Å². The third kappa shape index (κ3) is 5.40. The number of aromatic nitrogens is 1. The second kappa shape index (κ2) is 9.90. The van der Waals surface area contributed by atoms with Gasteiger partial charge in [0.05, 0.1) is 17.8 Å². The lowest BCUT2D eigenvalue weighted by atomic mass is 9.92. The standard InChI is InChI=1S/C24H30FN3O3/c1-16(2)31-24(30)28-14-11-19(12-15-28)23(29)27(4)22(18-7-9-20(25)10-8-18)21-17(3)6-5-13-26-21/h5-10,13,16,19,22H,11-12,14-15H2,1-4H3. The summed E-state index contributed by atoms with van der Waals surface area (Å²) in [4.78, 5) is 33.4. The van der Waals surface area contributed by atoms with Crippen molar-refractivity contribution in [3.05, 3.63) is 65.2 Å². The minimum atomic E-state index is -0.418. The second-order valence-corrected chi connectivity index (χ2v) is 8.30. The lowest BCUT2D eigenvalue weighted by Gasteiger charge is -2.36. The number of benzene rings is 1. The Bertz CT molecular complexity index is 909. The minimum Gasteiger partial charge on any atom is -0.447 e. The molecule has 0 spiro atoms. The van der Waals surface area contributed by atoms with Gasteiger partial charge in [0.1, 0.15) is 5.82 Å². The van der Waals surface area contributed by atoms with E-state index in [2.05, 4.69) is 4.98 Å². The maximum atomic E-state index is 13.5. The van der Waals surface area contributed by atoms with Gasteiger partial charge in [0.25, 0.3) is 0 Å². The zero-order valence-corrected chi connectivity index (χ0v) is 18.5. The SMILES string of the molecule is Cc1cccnc1C(c1ccc(F)cc1)N(C)C(=O)C1CCN(C(=O)OC(C)C)CC1. The normalized spacial score (nSPS) is 15.6. The van der Waals surface area contributed by atoms with Gasteiger partial charge in [0.2, 0.25) is 5.91 Å². The number of carbonyl (C=O) groups excluding carboxylic acids is 2. The quantitative estimate of drug-likeness (QED) is 0.712. The van der Waals surface area contributed by atoms with Gasteiger partial charge in [0, 0.05) is 32.3 Å². The van der Waals surface area contributed by atoms with Gasteiger partial charge in [-0.05, 0) is 62.9 Å². The molecule has 1 aliphatic rings. The summed E-state index contributed by atoms with van der Waals surface area (Å²) < 4.78 is 18.8.